The zero-order valence-corrected chi connectivity index (χ0v) is 26.2. The van der Waals surface area contributed by atoms with Crippen molar-refractivity contribution in [2.24, 2.45) is 5.92 Å². The van der Waals surface area contributed by atoms with Gasteiger partial charge in [0.2, 0.25) is 0 Å². The van der Waals surface area contributed by atoms with Gasteiger partial charge in [0, 0.05) is 78.2 Å². The molecule has 0 aliphatic rings. The van der Waals surface area contributed by atoms with E-state index in [-0.39, 0.29) is 39.6 Å². The fraction of sp³-hybridized carbons (Fsp3) is 1.00. The summed E-state index contributed by atoms with van der Waals surface area (Å²) in [6, 6.07) is 0.376. The highest BCUT2D eigenvalue weighted by atomic mass is 16.3. The molecule has 0 radical (unpaired) electrons. The lowest BCUT2D eigenvalue weighted by Crippen LogP contribution is -2.64. The zero-order valence-electron chi connectivity index (χ0n) is 26.2. The predicted octanol–water partition coefficient (Wildman–Crippen LogP) is 1.19. The summed E-state index contributed by atoms with van der Waals surface area (Å²) < 4.78 is 2.59. The van der Waals surface area contributed by atoms with Gasteiger partial charge in [-0.2, -0.15) is 0 Å². The highest BCUT2D eigenvalue weighted by Crippen LogP contribution is 2.22. The van der Waals surface area contributed by atoms with Crippen LogP contribution >= 0.6 is 0 Å². The average Bonchev–Trinajstić information content (AvgIpc) is 2.93. The number of hydrogen-bond donors (Lipinski definition) is 6. The first kappa shape index (κ1) is 38.6. The molecule has 39 heavy (non-hydrogen) atoms. The highest BCUT2D eigenvalue weighted by molar-refractivity contribution is 4.58. The van der Waals surface area contributed by atoms with E-state index in [4.69, 9.17) is 0 Å². The van der Waals surface area contributed by atoms with E-state index >= 15 is 0 Å². The van der Waals surface area contributed by atoms with E-state index in [2.05, 4.69) is 27.7 Å². The summed E-state index contributed by atoms with van der Waals surface area (Å²) in [5.41, 5.74) is 0. The summed E-state index contributed by atoms with van der Waals surface area (Å²) in [7, 11) is 0. The second-order valence-corrected chi connectivity index (χ2v) is 12.6. The first-order valence-electron chi connectivity index (χ1n) is 15.9. The van der Waals surface area contributed by atoms with E-state index in [1.165, 1.54) is 0 Å². The molecule has 1 atom stereocenters. The molecular formula is C30H68N3O6+3. The van der Waals surface area contributed by atoms with Crippen LogP contribution < -0.4 is 0 Å². The summed E-state index contributed by atoms with van der Waals surface area (Å²) >= 11 is 0. The Morgan fingerprint density at radius 3 is 1.00 bits per heavy atom. The number of aliphatic hydroxyl groups is 6. The van der Waals surface area contributed by atoms with Gasteiger partial charge in [0.25, 0.3) is 0 Å². The second-order valence-electron chi connectivity index (χ2n) is 12.6. The van der Waals surface area contributed by atoms with Crippen molar-refractivity contribution in [1.29, 1.82) is 0 Å². The molecule has 0 heterocycles. The summed E-state index contributed by atoms with van der Waals surface area (Å²) in [4.78, 5) is 0. The molecule has 0 spiro atoms. The molecule has 9 heteroatoms. The van der Waals surface area contributed by atoms with Crippen LogP contribution in [-0.2, 0) is 0 Å². The monoisotopic (exact) mass is 567 g/mol. The van der Waals surface area contributed by atoms with Crippen molar-refractivity contribution in [3.63, 3.8) is 0 Å². The van der Waals surface area contributed by atoms with E-state index in [9.17, 15) is 30.6 Å². The molecule has 0 bridgehead atoms. The van der Waals surface area contributed by atoms with Gasteiger partial charge in [0.1, 0.15) is 26.2 Å². The molecular weight excluding hydrogens is 498 g/mol. The van der Waals surface area contributed by atoms with Crippen molar-refractivity contribution < 1.29 is 44.1 Å². The lowest BCUT2D eigenvalue weighted by atomic mass is 10.1. The SMILES string of the molecule is CC(C)CC[N+](CCCO)(CC[N+](CCCO)(CCCO)CCCO)CC[N+](CCCO)(CCCO)C(C)C. The molecule has 0 saturated carbocycles. The molecule has 0 aromatic heterocycles. The van der Waals surface area contributed by atoms with Crippen molar-refractivity contribution in [2.75, 3.05) is 112 Å². The number of rotatable bonds is 28. The van der Waals surface area contributed by atoms with Gasteiger partial charge in [-0.05, 0) is 26.2 Å². The summed E-state index contributed by atoms with van der Waals surface area (Å²) in [6.45, 7) is 20.0. The Morgan fingerprint density at radius 2 is 0.692 bits per heavy atom. The molecule has 6 N–H and O–H groups in total. The maximum absolute atomic E-state index is 9.88. The Bertz CT molecular complexity index is 537. The molecule has 0 aliphatic heterocycles. The van der Waals surface area contributed by atoms with E-state index < -0.39 is 0 Å². The van der Waals surface area contributed by atoms with Crippen molar-refractivity contribution >= 4 is 0 Å². The van der Waals surface area contributed by atoms with Gasteiger partial charge in [-0.3, -0.25) is 0 Å². The minimum Gasteiger partial charge on any atom is -0.396 e. The van der Waals surface area contributed by atoms with Gasteiger partial charge in [0.05, 0.1) is 51.9 Å². The molecule has 0 amide bonds. The summed E-state index contributed by atoms with van der Waals surface area (Å²) in [5.74, 6) is 0.571. The number of nitrogens with zero attached hydrogens (tertiary/aromatic N) is 3. The third-order valence-electron chi connectivity index (χ3n) is 9.03. The third-order valence-corrected chi connectivity index (χ3v) is 9.03. The van der Waals surface area contributed by atoms with Crippen LogP contribution in [0.15, 0.2) is 0 Å². The van der Waals surface area contributed by atoms with E-state index in [1.54, 1.807) is 0 Å². The molecule has 0 fully saturated rings. The molecule has 0 rings (SSSR count). The van der Waals surface area contributed by atoms with Crippen molar-refractivity contribution in [2.45, 2.75) is 78.7 Å². The lowest BCUT2D eigenvalue weighted by molar-refractivity contribution is -1.01. The normalized spacial score (nSPS) is 14.5. The van der Waals surface area contributed by atoms with Crippen LogP contribution in [0.2, 0.25) is 0 Å². The van der Waals surface area contributed by atoms with Crippen LogP contribution in [0.5, 0.6) is 0 Å². The predicted molar refractivity (Wildman–Crippen MR) is 159 cm³/mol. The van der Waals surface area contributed by atoms with Crippen molar-refractivity contribution in [3.05, 3.63) is 0 Å². The van der Waals surface area contributed by atoms with Gasteiger partial charge in [-0.15, -0.1) is 0 Å². The van der Waals surface area contributed by atoms with Crippen LogP contribution in [0.25, 0.3) is 0 Å². The van der Waals surface area contributed by atoms with Gasteiger partial charge in [0.15, 0.2) is 0 Å². The molecule has 0 aliphatic carbocycles. The average molecular weight is 567 g/mol. The molecule has 1 unspecified atom stereocenters. The van der Waals surface area contributed by atoms with Gasteiger partial charge in [-0.25, -0.2) is 0 Å². The van der Waals surface area contributed by atoms with Gasteiger partial charge in [-0.1, -0.05) is 13.8 Å². The third kappa shape index (κ3) is 15.4. The maximum atomic E-state index is 9.88. The lowest BCUT2D eigenvalue weighted by Gasteiger charge is -2.48. The van der Waals surface area contributed by atoms with Crippen LogP contribution in [0, 0.1) is 5.92 Å². The fourth-order valence-corrected chi connectivity index (χ4v) is 6.21. The van der Waals surface area contributed by atoms with Crippen LogP contribution in [0.3, 0.4) is 0 Å². The Morgan fingerprint density at radius 1 is 0.385 bits per heavy atom. The molecule has 9 nitrogen and oxygen atoms in total. The summed E-state index contributed by atoms with van der Waals surface area (Å²) in [6.07, 6.45) is 5.45. The Labute approximate surface area is 240 Å². The number of quaternary nitrogens is 3. The van der Waals surface area contributed by atoms with Crippen LogP contribution in [-0.4, -0.2) is 162 Å². The Kier molecular flexibility index (Phi) is 22.1. The smallest absolute Gasteiger partial charge is 0.129 e. The topological polar surface area (TPSA) is 121 Å². The Hall–Kier alpha value is -0.360. The van der Waals surface area contributed by atoms with Crippen LogP contribution in [0.1, 0.15) is 72.6 Å². The molecule has 236 valence electrons. The minimum absolute atomic E-state index is 0.139. The largest absolute Gasteiger partial charge is 0.396 e. The zero-order chi connectivity index (χ0) is 29.6. The van der Waals surface area contributed by atoms with E-state index in [1.807, 2.05) is 0 Å². The number of hydrogen-bond acceptors (Lipinski definition) is 6. The Balaban J connectivity index is 6.30. The second kappa shape index (κ2) is 22.3. The maximum Gasteiger partial charge on any atom is 0.129 e. The first-order chi connectivity index (χ1) is 18.6. The quantitative estimate of drug-likeness (QED) is 0.0792. The van der Waals surface area contributed by atoms with E-state index in [0.29, 0.717) is 31.2 Å². The van der Waals surface area contributed by atoms with Crippen molar-refractivity contribution in [3.8, 4) is 0 Å². The first-order valence-corrected chi connectivity index (χ1v) is 15.9. The molecule has 0 aromatic carbocycles. The van der Waals surface area contributed by atoms with E-state index in [0.717, 1.165) is 111 Å². The van der Waals surface area contributed by atoms with Crippen molar-refractivity contribution in [1.82, 2.24) is 0 Å². The molecule has 0 saturated heterocycles. The summed E-state index contributed by atoms with van der Waals surface area (Å²) in [5, 5.41) is 58.2. The van der Waals surface area contributed by atoms with Gasteiger partial charge >= 0.3 is 0 Å². The molecule has 0 aromatic rings. The standard InChI is InChI=1S/C30H68N3O6/c1-29(2)11-18-32(15-8-26-37,21-22-33(30(3)4,16-9-27-38)17-10-28-39)20-19-31(12-5-23-34,13-6-24-35)14-7-25-36/h29-30,34-39H,5-28H2,1-4H3/q+3. The number of aliphatic hydroxyl groups excluding tert-OH is 6. The fourth-order valence-electron chi connectivity index (χ4n) is 6.21. The minimum atomic E-state index is 0.139. The van der Waals surface area contributed by atoms with Crippen LogP contribution in [0.4, 0.5) is 0 Å². The highest BCUT2D eigenvalue weighted by Gasteiger charge is 2.38. The van der Waals surface area contributed by atoms with Gasteiger partial charge < -0.3 is 44.1 Å².